The molecule has 0 unspecified atom stereocenters. The molecule has 21 heavy (non-hydrogen) atoms. The predicted octanol–water partition coefficient (Wildman–Crippen LogP) is 1.39. The molecule has 116 valence electrons. The van der Waals surface area contributed by atoms with E-state index in [-0.39, 0.29) is 23.3 Å². The number of likely N-dealkylation sites (N-methyl/N-ethyl adjacent to an activating group) is 1. The molecule has 0 aliphatic heterocycles. The summed E-state index contributed by atoms with van der Waals surface area (Å²) in [5.74, 6) is -1.59. The van der Waals surface area contributed by atoms with Crippen molar-refractivity contribution in [1.29, 1.82) is 0 Å². The molecule has 0 aliphatic rings. The van der Waals surface area contributed by atoms with Gasteiger partial charge in [-0.3, -0.25) is 14.9 Å². The molecule has 1 rings (SSSR count). The largest absolute Gasteiger partial charge is 0.396 e. The third-order valence-electron chi connectivity index (χ3n) is 3.45. The fourth-order valence-electron chi connectivity index (χ4n) is 1.46. The van der Waals surface area contributed by atoms with Gasteiger partial charge in [0.2, 0.25) is 0 Å². The molecule has 0 spiro atoms. The number of nitrogens with two attached hydrogens (primary N) is 1. The molecule has 0 atom stereocenters. The lowest BCUT2D eigenvalue weighted by Crippen LogP contribution is -2.48. The lowest BCUT2D eigenvalue weighted by atomic mass is 10.0. The highest BCUT2D eigenvalue weighted by Crippen LogP contribution is 2.24. The van der Waals surface area contributed by atoms with E-state index in [0.29, 0.717) is 6.07 Å². The Balaban J connectivity index is 3.03. The highest BCUT2D eigenvalue weighted by Gasteiger charge is 2.26. The van der Waals surface area contributed by atoms with E-state index in [9.17, 15) is 19.3 Å². The van der Waals surface area contributed by atoms with Crippen LogP contribution >= 0.6 is 0 Å². The summed E-state index contributed by atoms with van der Waals surface area (Å²) in [5, 5.41) is 13.5. The van der Waals surface area contributed by atoms with Crippen LogP contribution in [-0.4, -0.2) is 41.9 Å². The highest BCUT2D eigenvalue weighted by molar-refractivity contribution is 5.99. The van der Waals surface area contributed by atoms with Gasteiger partial charge in [-0.15, -0.1) is 0 Å². The van der Waals surface area contributed by atoms with Crippen LogP contribution in [0.2, 0.25) is 0 Å². The number of nitro groups is 1. The number of nitrogens with zero attached hydrogens (tertiary/aromatic N) is 2. The maximum Gasteiger partial charge on any atom is 0.285 e. The number of amides is 1. The second kappa shape index (κ2) is 6.04. The summed E-state index contributed by atoms with van der Waals surface area (Å²) in [7, 11) is 3.70. The van der Waals surface area contributed by atoms with Gasteiger partial charge in [0, 0.05) is 12.1 Å². The number of carbonyl (C=O) groups excluding carboxylic acids is 1. The molecule has 1 aromatic carbocycles. The van der Waals surface area contributed by atoms with Crippen LogP contribution in [0.5, 0.6) is 0 Å². The Kier molecular flexibility index (Phi) is 4.84. The van der Waals surface area contributed by atoms with Crippen LogP contribution in [0.25, 0.3) is 0 Å². The van der Waals surface area contributed by atoms with Gasteiger partial charge in [-0.1, -0.05) is 0 Å². The van der Waals surface area contributed by atoms with Gasteiger partial charge < -0.3 is 16.0 Å². The second-order valence-electron chi connectivity index (χ2n) is 5.54. The number of benzene rings is 1. The summed E-state index contributed by atoms with van der Waals surface area (Å²) < 4.78 is 13.3. The van der Waals surface area contributed by atoms with E-state index in [4.69, 9.17) is 5.73 Å². The van der Waals surface area contributed by atoms with Crippen molar-refractivity contribution in [2.24, 2.45) is 0 Å². The van der Waals surface area contributed by atoms with Crippen LogP contribution in [-0.2, 0) is 0 Å². The molecule has 1 aromatic rings. The average Bonchev–Trinajstić information content (AvgIpc) is 2.38. The van der Waals surface area contributed by atoms with Crippen LogP contribution in [0.15, 0.2) is 12.1 Å². The van der Waals surface area contributed by atoms with E-state index in [1.807, 2.05) is 32.8 Å². The SMILES string of the molecule is CN(C)C(C)(C)CNC(=O)c1cc(N)c(F)cc1[N+](=O)[O-]. The molecule has 1 amide bonds. The summed E-state index contributed by atoms with van der Waals surface area (Å²) in [6.07, 6.45) is 0. The Bertz CT molecular complexity index is 573. The third kappa shape index (κ3) is 3.88. The van der Waals surface area contributed by atoms with E-state index in [1.165, 1.54) is 0 Å². The molecular formula is C13H19FN4O3. The second-order valence-corrected chi connectivity index (χ2v) is 5.54. The lowest BCUT2D eigenvalue weighted by Gasteiger charge is -2.32. The van der Waals surface area contributed by atoms with E-state index < -0.39 is 22.3 Å². The molecule has 0 saturated carbocycles. The minimum atomic E-state index is -0.924. The van der Waals surface area contributed by atoms with E-state index >= 15 is 0 Å². The fraction of sp³-hybridized carbons (Fsp3) is 0.462. The maximum atomic E-state index is 13.3. The van der Waals surface area contributed by atoms with Crippen molar-refractivity contribution in [2.75, 3.05) is 26.4 Å². The molecule has 0 fully saturated rings. The summed E-state index contributed by atoms with van der Waals surface area (Å²) in [6, 6.07) is 1.63. The zero-order valence-electron chi connectivity index (χ0n) is 12.4. The number of carbonyl (C=O) groups is 1. The molecule has 8 heteroatoms. The first-order valence-electron chi connectivity index (χ1n) is 6.25. The van der Waals surface area contributed by atoms with Crippen molar-refractivity contribution < 1.29 is 14.1 Å². The lowest BCUT2D eigenvalue weighted by molar-refractivity contribution is -0.385. The first kappa shape index (κ1) is 16.8. The van der Waals surface area contributed by atoms with Gasteiger partial charge in [0.25, 0.3) is 11.6 Å². The van der Waals surface area contributed by atoms with Gasteiger partial charge in [-0.2, -0.15) is 0 Å². The van der Waals surface area contributed by atoms with E-state index in [1.54, 1.807) is 0 Å². The van der Waals surface area contributed by atoms with Crippen LogP contribution in [0.4, 0.5) is 15.8 Å². The quantitative estimate of drug-likeness (QED) is 0.486. The van der Waals surface area contributed by atoms with Gasteiger partial charge in [0.1, 0.15) is 5.56 Å². The first-order chi connectivity index (χ1) is 9.56. The third-order valence-corrected chi connectivity index (χ3v) is 3.45. The number of hydrogen-bond donors (Lipinski definition) is 2. The fourth-order valence-corrected chi connectivity index (χ4v) is 1.46. The standard InChI is InChI=1S/C13H19FN4O3/c1-13(2,17(3)4)7-16-12(19)8-5-10(15)9(14)6-11(8)18(20)21/h5-6H,7,15H2,1-4H3,(H,16,19). The van der Waals surface area contributed by atoms with Gasteiger partial charge >= 0.3 is 0 Å². The Morgan fingerprint density at radius 1 is 1.48 bits per heavy atom. The monoisotopic (exact) mass is 298 g/mol. The summed E-state index contributed by atoms with van der Waals surface area (Å²) in [4.78, 5) is 24.1. The number of hydrogen-bond acceptors (Lipinski definition) is 5. The van der Waals surface area contributed by atoms with Crippen LogP contribution in [0.1, 0.15) is 24.2 Å². The number of nitro benzene ring substituents is 1. The Hall–Kier alpha value is -2.22. The average molecular weight is 298 g/mol. The smallest absolute Gasteiger partial charge is 0.285 e. The van der Waals surface area contributed by atoms with E-state index in [2.05, 4.69) is 5.32 Å². The van der Waals surface area contributed by atoms with Crippen molar-refractivity contribution in [3.8, 4) is 0 Å². The number of rotatable bonds is 5. The van der Waals surface area contributed by atoms with Crippen molar-refractivity contribution in [3.05, 3.63) is 33.6 Å². The van der Waals surface area contributed by atoms with E-state index in [0.717, 1.165) is 6.07 Å². The summed E-state index contributed by atoms with van der Waals surface area (Å²) in [5.41, 5.74) is 3.86. The summed E-state index contributed by atoms with van der Waals surface area (Å²) >= 11 is 0. The topological polar surface area (TPSA) is 102 Å². The Morgan fingerprint density at radius 3 is 2.52 bits per heavy atom. The molecule has 0 saturated heterocycles. The van der Waals surface area contributed by atoms with Gasteiger partial charge in [-0.05, 0) is 34.0 Å². The van der Waals surface area contributed by atoms with Gasteiger partial charge in [-0.25, -0.2) is 4.39 Å². The molecule has 7 nitrogen and oxygen atoms in total. The number of nitrogen functional groups attached to an aromatic ring is 1. The Labute approximate surface area is 122 Å². The molecular weight excluding hydrogens is 279 g/mol. The zero-order chi connectivity index (χ0) is 16.4. The number of anilines is 1. The highest BCUT2D eigenvalue weighted by atomic mass is 19.1. The van der Waals surface area contributed by atoms with Gasteiger partial charge in [0.15, 0.2) is 5.82 Å². The van der Waals surface area contributed by atoms with Crippen LogP contribution in [0, 0.1) is 15.9 Å². The van der Waals surface area contributed by atoms with Crippen molar-refractivity contribution in [3.63, 3.8) is 0 Å². The molecule has 0 aromatic heterocycles. The first-order valence-corrected chi connectivity index (χ1v) is 6.25. The molecule has 0 radical (unpaired) electrons. The van der Waals surface area contributed by atoms with Crippen molar-refractivity contribution >= 4 is 17.3 Å². The molecule has 3 N–H and O–H groups in total. The van der Waals surface area contributed by atoms with Crippen LogP contribution in [0.3, 0.4) is 0 Å². The maximum absolute atomic E-state index is 13.3. The molecule has 0 heterocycles. The minimum absolute atomic E-state index is 0.256. The zero-order valence-corrected chi connectivity index (χ0v) is 12.4. The minimum Gasteiger partial charge on any atom is -0.396 e. The number of nitrogens with one attached hydrogen (secondary N) is 1. The normalized spacial score (nSPS) is 11.5. The van der Waals surface area contributed by atoms with Crippen molar-refractivity contribution in [1.82, 2.24) is 10.2 Å². The summed E-state index contributed by atoms with van der Waals surface area (Å²) in [6.45, 7) is 4.08. The van der Waals surface area contributed by atoms with Crippen molar-refractivity contribution in [2.45, 2.75) is 19.4 Å². The predicted molar refractivity (Wildman–Crippen MR) is 77.6 cm³/mol. The Morgan fingerprint density at radius 2 is 2.05 bits per heavy atom. The molecule has 0 bridgehead atoms. The number of halogens is 1. The van der Waals surface area contributed by atoms with Crippen LogP contribution < -0.4 is 11.1 Å². The van der Waals surface area contributed by atoms with Gasteiger partial charge in [0.05, 0.1) is 16.7 Å². The molecule has 0 aliphatic carbocycles.